The summed E-state index contributed by atoms with van der Waals surface area (Å²) in [6.07, 6.45) is 10.1. The van der Waals surface area contributed by atoms with Crippen LogP contribution in [0.15, 0.2) is 30.9 Å². The minimum atomic E-state index is 0.211. The van der Waals surface area contributed by atoms with Crippen molar-refractivity contribution in [2.45, 2.75) is 31.8 Å². The lowest BCUT2D eigenvalue weighted by Crippen LogP contribution is -2.23. The topological polar surface area (TPSA) is 67.2 Å². The fraction of sp³-hybridized carbons (Fsp3) is 0.500. The van der Waals surface area contributed by atoms with E-state index in [1.807, 2.05) is 34.2 Å². The number of carbonyl (C=O) groups excluding carboxylic acids is 1. The number of hydrogen-bond acceptors (Lipinski definition) is 5. The minimum absolute atomic E-state index is 0.211. The van der Waals surface area contributed by atoms with Crippen molar-refractivity contribution in [3.05, 3.63) is 36.4 Å². The fourth-order valence-corrected chi connectivity index (χ4v) is 3.43. The summed E-state index contributed by atoms with van der Waals surface area (Å²) in [5, 5.41) is 12.2. The van der Waals surface area contributed by atoms with Crippen molar-refractivity contribution >= 4 is 11.6 Å². The van der Waals surface area contributed by atoms with Gasteiger partial charge in [0, 0.05) is 45.0 Å². The molecule has 0 radical (unpaired) electrons. The van der Waals surface area contributed by atoms with Gasteiger partial charge in [-0.25, -0.2) is 0 Å². The molecule has 2 saturated heterocycles. The molecule has 0 bridgehead atoms. The zero-order valence-corrected chi connectivity index (χ0v) is 13.0. The highest BCUT2D eigenvalue weighted by atomic mass is 16.2. The molecule has 23 heavy (non-hydrogen) atoms. The molecule has 4 rings (SSSR count). The predicted octanol–water partition coefficient (Wildman–Crippen LogP) is 1.25. The van der Waals surface area contributed by atoms with Crippen molar-refractivity contribution in [2.75, 3.05) is 24.5 Å². The van der Waals surface area contributed by atoms with Crippen molar-refractivity contribution in [2.24, 2.45) is 0 Å². The van der Waals surface area contributed by atoms with Crippen molar-refractivity contribution in [1.29, 1.82) is 0 Å². The summed E-state index contributed by atoms with van der Waals surface area (Å²) < 4.78 is 2.02. The van der Waals surface area contributed by atoms with Crippen molar-refractivity contribution in [3.8, 4) is 0 Å². The highest BCUT2D eigenvalue weighted by molar-refractivity contribution is 5.95. The van der Waals surface area contributed by atoms with Gasteiger partial charge in [0.05, 0.1) is 24.1 Å². The normalized spacial score (nSPS) is 22.2. The van der Waals surface area contributed by atoms with E-state index in [0.29, 0.717) is 12.5 Å². The van der Waals surface area contributed by atoms with Gasteiger partial charge in [0.2, 0.25) is 5.91 Å². The zero-order valence-electron chi connectivity index (χ0n) is 13.0. The highest BCUT2D eigenvalue weighted by Gasteiger charge is 2.27. The van der Waals surface area contributed by atoms with Gasteiger partial charge in [0.1, 0.15) is 0 Å². The van der Waals surface area contributed by atoms with Crippen LogP contribution in [0.3, 0.4) is 0 Å². The summed E-state index contributed by atoms with van der Waals surface area (Å²) in [5.41, 5.74) is 2.12. The second kappa shape index (κ2) is 6.08. The van der Waals surface area contributed by atoms with E-state index in [1.54, 1.807) is 6.20 Å². The number of anilines is 1. The van der Waals surface area contributed by atoms with Crippen LogP contribution in [0.4, 0.5) is 5.69 Å². The summed E-state index contributed by atoms with van der Waals surface area (Å²) >= 11 is 0. The number of nitrogens with zero attached hydrogens (tertiary/aromatic N) is 6. The third-order valence-corrected chi connectivity index (χ3v) is 4.65. The Hall–Kier alpha value is -2.28. The van der Waals surface area contributed by atoms with Gasteiger partial charge in [-0.3, -0.25) is 14.4 Å². The molecule has 2 aromatic heterocycles. The van der Waals surface area contributed by atoms with E-state index in [-0.39, 0.29) is 5.91 Å². The fourth-order valence-electron chi connectivity index (χ4n) is 3.43. The quantitative estimate of drug-likeness (QED) is 0.850. The first-order valence-corrected chi connectivity index (χ1v) is 8.12. The van der Waals surface area contributed by atoms with Crippen molar-refractivity contribution in [1.82, 2.24) is 24.9 Å². The van der Waals surface area contributed by atoms with E-state index in [0.717, 1.165) is 44.7 Å². The van der Waals surface area contributed by atoms with Gasteiger partial charge in [-0.2, -0.15) is 15.3 Å². The van der Waals surface area contributed by atoms with Crippen LogP contribution in [0.25, 0.3) is 0 Å². The van der Waals surface area contributed by atoms with Crippen LogP contribution in [-0.2, 0) is 11.3 Å². The summed E-state index contributed by atoms with van der Waals surface area (Å²) in [7, 11) is 0. The maximum atomic E-state index is 11.8. The molecule has 2 aliphatic rings. The van der Waals surface area contributed by atoms with E-state index in [1.165, 1.54) is 5.56 Å². The Labute approximate surface area is 134 Å². The van der Waals surface area contributed by atoms with Crippen LogP contribution in [0, 0.1) is 0 Å². The Kier molecular flexibility index (Phi) is 3.78. The van der Waals surface area contributed by atoms with Crippen molar-refractivity contribution < 1.29 is 4.79 Å². The van der Waals surface area contributed by atoms with Gasteiger partial charge < -0.3 is 4.90 Å². The number of carbonyl (C=O) groups is 1. The molecule has 4 heterocycles. The number of rotatable bonds is 4. The van der Waals surface area contributed by atoms with E-state index in [2.05, 4.69) is 20.2 Å². The molecule has 7 nitrogen and oxygen atoms in total. The molecule has 0 spiro atoms. The van der Waals surface area contributed by atoms with Crippen LogP contribution in [0.2, 0.25) is 0 Å². The Morgan fingerprint density at radius 3 is 2.96 bits per heavy atom. The van der Waals surface area contributed by atoms with E-state index in [9.17, 15) is 4.79 Å². The number of aromatic nitrogens is 4. The molecule has 2 aliphatic heterocycles. The molecule has 0 saturated carbocycles. The molecule has 7 heteroatoms. The van der Waals surface area contributed by atoms with E-state index in [4.69, 9.17) is 0 Å². The van der Waals surface area contributed by atoms with Crippen LogP contribution in [-0.4, -0.2) is 50.4 Å². The molecule has 0 N–H and O–H groups in total. The van der Waals surface area contributed by atoms with Gasteiger partial charge in [-0.15, -0.1) is 0 Å². The molecule has 120 valence electrons. The van der Waals surface area contributed by atoms with E-state index >= 15 is 0 Å². The third-order valence-electron chi connectivity index (χ3n) is 4.65. The van der Waals surface area contributed by atoms with Gasteiger partial charge >= 0.3 is 0 Å². The molecule has 1 unspecified atom stereocenters. The van der Waals surface area contributed by atoms with Gasteiger partial charge in [0.25, 0.3) is 0 Å². The molecule has 2 fully saturated rings. The second-order valence-corrected chi connectivity index (χ2v) is 6.26. The molecular formula is C16H20N6O. The Balaban J connectivity index is 1.40. The first-order chi connectivity index (χ1) is 11.3. The molecule has 2 aromatic rings. The lowest BCUT2D eigenvalue weighted by atomic mass is 10.3. The molecule has 0 aliphatic carbocycles. The Bertz CT molecular complexity index is 685. The molecule has 1 atom stereocenters. The average Bonchev–Trinajstić information content (AvgIpc) is 3.28. The predicted molar refractivity (Wildman–Crippen MR) is 84.8 cm³/mol. The van der Waals surface area contributed by atoms with Crippen molar-refractivity contribution in [3.63, 3.8) is 0 Å². The third kappa shape index (κ3) is 2.96. The SMILES string of the molecule is O=C1CCCN1c1cnn(C2CCN(Cc3ccnnc3)C2)c1. The largest absolute Gasteiger partial charge is 0.309 e. The average molecular weight is 312 g/mol. The standard InChI is InChI=1S/C16H20N6O/c23-16-2-1-6-21(16)15-9-19-22(12-15)14-4-7-20(11-14)10-13-3-5-17-18-8-13/h3,5,8-9,12,14H,1-2,4,6-7,10-11H2. The first kappa shape index (κ1) is 14.3. The number of likely N-dealkylation sites (tertiary alicyclic amines) is 1. The van der Waals surface area contributed by atoms with Gasteiger partial charge in [0.15, 0.2) is 0 Å². The van der Waals surface area contributed by atoms with Crippen LogP contribution in [0.5, 0.6) is 0 Å². The lowest BCUT2D eigenvalue weighted by molar-refractivity contribution is -0.117. The summed E-state index contributed by atoms with van der Waals surface area (Å²) in [4.78, 5) is 16.1. The molecular weight excluding hydrogens is 292 g/mol. The number of hydrogen-bond donors (Lipinski definition) is 0. The monoisotopic (exact) mass is 312 g/mol. The Morgan fingerprint density at radius 1 is 1.22 bits per heavy atom. The first-order valence-electron chi connectivity index (χ1n) is 8.12. The van der Waals surface area contributed by atoms with E-state index < -0.39 is 0 Å². The van der Waals surface area contributed by atoms with Crippen LogP contribution in [0.1, 0.15) is 30.9 Å². The maximum Gasteiger partial charge on any atom is 0.227 e. The van der Waals surface area contributed by atoms with Crippen LogP contribution < -0.4 is 4.90 Å². The van der Waals surface area contributed by atoms with Gasteiger partial charge in [-0.1, -0.05) is 0 Å². The maximum absolute atomic E-state index is 11.8. The zero-order chi connectivity index (χ0) is 15.6. The smallest absolute Gasteiger partial charge is 0.227 e. The Morgan fingerprint density at radius 2 is 2.17 bits per heavy atom. The molecule has 0 aromatic carbocycles. The van der Waals surface area contributed by atoms with Gasteiger partial charge in [-0.05, 0) is 24.5 Å². The van der Waals surface area contributed by atoms with Crippen LogP contribution >= 0.6 is 0 Å². The highest BCUT2D eigenvalue weighted by Crippen LogP contribution is 2.26. The lowest BCUT2D eigenvalue weighted by Gasteiger charge is -2.16. The minimum Gasteiger partial charge on any atom is -0.309 e. The summed E-state index contributed by atoms with van der Waals surface area (Å²) in [5.74, 6) is 0.211. The second-order valence-electron chi connectivity index (χ2n) is 6.26. The number of amides is 1. The summed E-state index contributed by atoms with van der Waals surface area (Å²) in [6.45, 7) is 3.73. The summed E-state index contributed by atoms with van der Waals surface area (Å²) in [6, 6.07) is 2.38. The molecule has 1 amide bonds.